The molecular weight excluding hydrogens is 233 g/mol. The van der Waals surface area contributed by atoms with Crippen LogP contribution in [0.4, 0.5) is 13.2 Å². The molecule has 0 aliphatic rings. The minimum Gasteiger partial charge on any atom is -0.160 e. The van der Waals surface area contributed by atoms with E-state index in [2.05, 4.69) is 0 Å². The molecule has 0 atom stereocenters. The molecular formula is C12H13F3S. The molecule has 0 aromatic heterocycles. The van der Waals surface area contributed by atoms with E-state index in [0.29, 0.717) is 5.56 Å². The summed E-state index contributed by atoms with van der Waals surface area (Å²) in [5.74, 6) is 0. The fraction of sp³-hybridized carbons (Fsp3) is 0.333. The first-order valence-corrected chi connectivity index (χ1v) is 5.77. The molecule has 16 heavy (non-hydrogen) atoms. The Morgan fingerprint density at radius 1 is 1.31 bits per heavy atom. The number of benzene rings is 1. The van der Waals surface area contributed by atoms with Crippen LogP contribution in [-0.2, 0) is 0 Å². The van der Waals surface area contributed by atoms with Crippen LogP contribution in [0.25, 0.3) is 6.08 Å². The zero-order valence-corrected chi connectivity index (χ0v) is 9.95. The summed E-state index contributed by atoms with van der Waals surface area (Å²) in [5, 5.41) is 0. The van der Waals surface area contributed by atoms with Gasteiger partial charge in [-0.3, -0.25) is 0 Å². The van der Waals surface area contributed by atoms with Crippen molar-refractivity contribution in [2.75, 3.05) is 0 Å². The van der Waals surface area contributed by atoms with Crippen molar-refractivity contribution in [3.63, 3.8) is 0 Å². The summed E-state index contributed by atoms with van der Waals surface area (Å²) in [4.78, 5) is 0.253. The van der Waals surface area contributed by atoms with Gasteiger partial charge in [0.25, 0.3) is 0 Å². The van der Waals surface area contributed by atoms with Crippen molar-refractivity contribution in [1.82, 2.24) is 0 Å². The molecule has 1 aromatic carbocycles. The highest BCUT2D eigenvalue weighted by Crippen LogP contribution is 2.39. The molecule has 0 aliphatic heterocycles. The van der Waals surface area contributed by atoms with Gasteiger partial charge >= 0.3 is 5.51 Å². The van der Waals surface area contributed by atoms with Gasteiger partial charge in [0.1, 0.15) is 0 Å². The third-order valence-electron chi connectivity index (χ3n) is 1.92. The van der Waals surface area contributed by atoms with Gasteiger partial charge in [-0.05, 0) is 36.7 Å². The Balaban J connectivity index is 3.03. The minimum absolute atomic E-state index is 0.0647. The van der Waals surface area contributed by atoms with Gasteiger partial charge in [0.2, 0.25) is 0 Å². The van der Waals surface area contributed by atoms with Crippen LogP contribution in [0.2, 0.25) is 0 Å². The summed E-state index contributed by atoms with van der Waals surface area (Å²) in [6, 6.07) is 4.97. The van der Waals surface area contributed by atoms with E-state index in [4.69, 9.17) is 0 Å². The van der Waals surface area contributed by atoms with Gasteiger partial charge in [0, 0.05) is 4.90 Å². The normalized spacial score (nSPS) is 12.3. The zero-order chi connectivity index (χ0) is 12.2. The predicted octanol–water partition coefficient (Wildman–Crippen LogP) is 5.03. The van der Waals surface area contributed by atoms with Crippen LogP contribution in [-0.4, -0.2) is 5.51 Å². The van der Waals surface area contributed by atoms with E-state index >= 15 is 0 Å². The second-order valence-electron chi connectivity index (χ2n) is 3.40. The lowest BCUT2D eigenvalue weighted by Gasteiger charge is -2.09. The van der Waals surface area contributed by atoms with Crippen molar-refractivity contribution < 1.29 is 13.2 Å². The maximum Gasteiger partial charge on any atom is 0.446 e. The minimum atomic E-state index is -4.23. The van der Waals surface area contributed by atoms with Crippen molar-refractivity contribution in [3.8, 4) is 0 Å². The average molecular weight is 246 g/mol. The Labute approximate surface area is 97.6 Å². The van der Waals surface area contributed by atoms with Gasteiger partial charge in [-0.15, -0.1) is 0 Å². The highest BCUT2D eigenvalue weighted by atomic mass is 32.2. The van der Waals surface area contributed by atoms with Crippen LogP contribution >= 0.6 is 11.8 Å². The van der Waals surface area contributed by atoms with E-state index in [0.717, 1.165) is 12.0 Å². The van der Waals surface area contributed by atoms with E-state index in [1.54, 1.807) is 18.2 Å². The zero-order valence-electron chi connectivity index (χ0n) is 9.14. The first-order chi connectivity index (χ1) is 7.42. The van der Waals surface area contributed by atoms with Crippen molar-refractivity contribution in [3.05, 3.63) is 35.4 Å². The number of rotatable bonds is 3. The summed E-state index contributed by atoms with van der Waals surface area (Å²) in [6.45, 7) is 3.81. The van der Waals surface area contributed by atoms with E-state index in [-0.39, 0.29) is 16.7 Å². The van der Waals surface area contributed by atoms with Crippen molar-refractivity contribution in [2.24, 2.45) is 0 Å². The van der Waals surface area contributed by atoms with E-state index in [1.165, 1.54) is 6.07 Å². The van der Waals surface area contributed by atoms with Gasteiger partial charge in [-0.25, -0.2) is 0 Å². The molecule has 4 heteroatoms. The molecule has 1 aromatic rings. The molecule has 0 bridgehead atoms. The Bertz CT molecular complexity index is 380. The first-order valence-electron chi connectivity index (χ1n) is 4.95. The second-order valence-corrected chi connectivity index (χ2v) is 4.51. The van der Waals surface area contributed by atoms with Gasteiger partial charge in [0.15, 0.2) is 0 Å². The number of allylic oxidation sites excluding steroid dienone is 1. The van der Waals surface area contributed by atoms with Crippen molar-refractivity contribution in [1.29, 1.82) is 0 Å². The Hall–Kier alpha value is -0.900. The lowest BCUT2D eigenvalue weighted by atomic mass is 10.1. The third kappa shape index (κ3) is 4.31. The number of halogens is 3. The SMILES string of the molecule is CC/C=C/c1cc(C)ccc1SC(F)(F)F. The van der Waals surface area contributed by atoms with Gasteiger partial charge in [-0.2, -0.15) is 13.2 Å². The quantitative estimate of drug-likeness (QED) is 0.674. The molecule has 0 unspecified atom stereocenters. The standard InChI is InChI=1S/C12H13F3S/c1-3-4-5-10-8-9(2)6-7-11(10)16-12(13,14)15/h4-8H,3H2,1-2H3/b5-4+. The van der Waals surface area contributed by atoms with Crippen LogP contribution in [0.15, 0.2) is 29.2 Å². The molecule has 0 N–H and O–H groups in total. The second kappa shape index (κ2) is 5.43. The smallest absolute Gasteiger partial charge is 0.160 e. The molecule has 0 fully saturated rings. The van der Waals surface area contributed by atoms with Gasteiger partial charge < -0.3 is 0 Å². The van der Waals surface area contributed by atoms with E-state index < -0.39 is 5.51 Å². The van der Waals surface area contributed by atoms with Crippen molar-refractivity contribution >= 4 is 17.8 Å². The fourth-order valence-electron chi connectivity index (χ4n) is 1.26. The van der Waals surface area contributed by atoms with E-state index in [9.17, 15) is 13.2 Å². The van der Waals surface area contributed by atoms with Crippen molar-refractivity contribution in [2.45, 2.75) is 30.7 Å². The molecule has 0 saturated carbocycles. The number of hydrogen-bond donors (Lipinski definition) is 0. The topological polar surface area (TPSA) is 0 Å². The van der Waals surface area contributed by atoms with Crippen LogP contribution in [0.3, 0.4) is 0 Å². The first kappa shape index (κ1) is 13.2. The lowest BCUT2D eigenvalue weighted by molar-refractivity contribution is -0.0328. The fourth-order valence-corrected chi connectivity index (χ4v) is 1.89. The summed E-state index contributed by atoms with van der Waals surface area (Å²) in [6.07, 6.45) is 4.40. The van der Waals surface area contributed by atoms with Crippen LogP contribution in [0.1, 0.15) is 24.5 Å². The average Bonchev–Trinajstić information content (AvgIpc) is 2.16. The molecule has 0 amide bonds. The summed E-state index contributed by atoms with van der Waals surface area (Å²) < 4.78 is 36.8. The highest BCUT2D eigenvalue weighted by molar-refractivity contribution is 8.00. The monoisotopic (exact) mass is 246 g/mol. The summed E-state index contributed by atoms with van der Waals surface area (Å²) in [7, 11) is 0. The van der Waals surface area contributed by atoms with Crippen LogP contribution in [0, 0.1) is 6.92 Å². The number of alkyl halides is 3. The molecule has 0 radical (unpaired) electrons. The molecule has 88 valence electrons. The largest absolute Gasteiger partial charge is 0.446 e. The van der Waals surface area contributed by atoms with E-state index in [1.807, 2.05) is 19.9 Å². The molecule has 0 heterocycles. The third-order valence-corrected chi connectivity index (χ3v) is 2.75. The number of aryl methyl sites for hydroxylation is 1. The molecule has 0 saturated heterocycles. The summed E-state index contributed by atoms with van der Waals surface area (Å²) in [5.41, 5.74) is -2.64. The Morgan fingerprint density at radius 2 is 2.00 bits per heavy atom. The number of thioether (sulfide) groups is 1. The van der Waals surface area contributed by atoms with Crippen LogP contribution in [0.5, 0.6) is 0 Å². The van der Waals surface area contributed by atoms with Gasteiger partial charge in [0.05, 0.1) is 0 Å². The lowest BCUT2D eigenvalue weighted by Crippen LogP contribution is -2.00. The maximum absolute atomic E-state index is 12.3. The Morgan fingerprint density at radius 3 is 2.56 bits per heavy atom. The Kier molecular flexibility index (Phi) is 4.47. The maximum atomic E-state index is 12.3. The predicted molar refractivity (Wildman–Crippen MR) is 62.4 cm³/mol. The number of hydrogen-bond acceptors (Lipinski definition) is 1. The molecule has 0 spiro atoms. The molecule has 0 nitrogen and oxygen atoms in total. The molecule has 1 rings (SSSR count). The van der Waals surface area contributed by atoms with Gasteiger partial charge in [-0.1, -0.05) is 36.8 Å². The highest BCUT2D eigenvalue weighted by Gasteiger charge is 2.29. The van der Waals surface area contributed by atoms with Crippen LogP contribution < -0.4 is 0 Å². The summed E-state index contributed by atoms with van der Waals surface area (Å²) >= 11 is -0.0647. The molecule has 0 aliphatic carbocycles.